The molecule has 0 heterocycles. The molecule has 2 N–H and O–H groups in total. The molecule has 0 aliphatic carbocycles. The molecule has 0 unspecified atom stereocenters. The van der Waals surface area contributed by atoms with Crippen LogP contribution in [0, 0.1) is 13.8 Å². The largest absolute Gasteiger partial charge is 0.508 e. The number of hydrazone groups is 1. The molecule has 2 aromatic carbocycles. The average Bonchev–Trinajstić information content (AvgIpc) is 2.49. The van der Waals surface area contributed by atoms with Gasteiger partial charge in [-0.1, -0.05) is 18.2 Å². The number of benzene rings is 2. The van der Waals surface area contributed by atoms with Gasteiger partial charge in [0.05, 0.1) is 5.71 Å². The zero-order chi connectivity index (χ0) is 16.8. The third-order valence-corrected chi connectivity index (χ3v) is 3.18. The zero-order valence-corrected chi connectivity index (χ0v) is 13.5. The molecule has 120 valence electrons. The van der Waals surface area contributed by atoms with Crippen LogP contribution in [0.4, 0.5) is 0 Å². The number of nitrogens with one attached hydrogen (secondary N) is 1. The van der Waals surface area contributed by atoms with E-state index in [1.807, 2.05) is 32.0 Å². The van der Waals surface area contributed by atoms with Crippen LogP contribution in [-0.4, -0.2) is 23.3 Å². The molecule has 5 nitrogen and oxygen atoms in total. The molecule has 0 aliphatic heterocycles. The number of carbonyl (C=O) groups is 1. The second-order valence-electron chi connectivity index (χ2n) is 5.39. The van der Waals surface area contributed by atoms with Crippen LogP contribution in [0.25, 0.3) is 0 Å². The predicted octanol–water partition coefficient (Wildman–Crippen LogP) is 2.93. The first-order chi connectivity index (χ1) is 10.9. The number of aromatic hydroxyl groups is 1. The van der Waals surface area contributed by atoms with E-state index in [4.69, 9.17) is 4.74 Å². The lowest BCUT2D eigenvalue weighted by molar-refractivity contribution is -0.123. The first-order valence-electron chi connectivity index (χ1n) is 7.27. The third-order valence-electron chi connectivity index (χ3n) is 3.18. The standard InChI is InChI=1S/C18H20N2O3/c1-12-7-13(2)9-17(8-12)23-11-18(22)20-19-14(3)15-5-4-6-16(21)10-15/h4-10,21H,11H2,1-3H3,(H,20,22)/b19-14-. The summed E-state index contributed by atoms with van der Waals surface area (Å²) in [4.78, 5) is 11.8. The van der Waals surface area contributed by atoms with E-state index >= 15 is 0 Å². The summed E-state index contributed by atoms with van der Waals surface area (Å²) in [5, 5.41) is 13.4. The number of phenols is 1. The van der Waals surface area contributed by atoms with Crippen molar-refractivity contribution in [2.75, 3.05) is 6.61 Å². The van der Waals surface area contributed by atoms with E-state index in [-0.39, 0.29) is 18.3 Å². The van der Waals surface area contributed by atoms with Crippen molar-refractivity contribution in [3.05, 3.63) is 59.2 Å². The Bertz CT molecular complexity index is 719. The molecule has 2 rings (SSSR count). The Morgan fingerprint density at radius 1 is 1.17 bits per heavy atom. The van der Waals surface area contributed by atoms with E-state index in [2.05, 4.69) is 10.5 Å². The molecule has 0 radical (unpaired) electrons. The number of aryl methyl sites for hydroxylation is 2. The minimum Gasteiger partial charge on any atom is -0.508 e. The maximum Gasteiger partial charge on any atom is 0.277 e. The Kier molecular flexibility index (Phi) is 5.36. The molecule has 0 saturated heterocycles. The maximum atomic E-state index is 11.8. The van der Waals surface area contributed by atoms with Gasteiger partial charge < -0.3 is 9.84 Å². The van der Waals surface area contributed by atoms with E-state index in [1.54, 1.807) is 31.2 Å². The van der Waals surface area contributed by atoms with Gasteiger partial charge in [-0.25, -0.2) is 5.43 Å². The second kappa shape index (κ2) is 7.45. The van der Waals surface area contributed by atoms with Gasteiger partial charge >= 0.3 is 0 Å². The van der Waals surface area contributed by atoms with Crippen LogP contribution in [0.5, 0.6) is 11.5 Å². The van der Waals surface area contributed by atoms with Gasteiger partial charge in [-0.05, 0) is 56.2 Å². The van der Waals surface area contributed by atoms with Gasteiger partial charge in [0.1, 0.15) is 11.5 Å². The summed E-state index contributed by atoms with van der Waals surface area (Å²) in [7, 11) is 0. The number of amides is 1. The van der Waals surface area contributed by atoms with E-state index in [0.29, 0.717) is 11.5 Å². The second-order valence-corrected chi connectivity index (χ2v) is 5.39. The topological polar surface area (TPSA) is 70.9 Å². The Labute approximate surface area is 135 Å². The summed E-state index contributed by atoms with van der Waals surface area (Å²) in [5.41, 5.74) is 5.94. The van der Waals surface area contributed by atoms with Crippen molar-refractivity contribution in [3.63, 3.8) is 0 Å². The minimum atomic E-state index is -0.344. The first kappa shape index (κ1) is 16.5. The fourth-order valence-electron chi connectivity index (χ4n) is 2.14. The molecule has 0 aliphatic rings. The summed E-state index contributed by atoms with van der Waals surface area (Å²) in [5.74, 6) is 0.469. The molecular formula is C18H20N2O3. The Morgan fingerprint density at radius 2 is 1.87 bits per heavy atom. The van der Waals surface area contributed by atoms with Crippen LogP contribution in [-0.2, 0) is 4.79 Å². The predicted molar refractivity (Wildman–Crippen MR) is 89.9 cm³/mol. The fourth-order valence-corrected chi connectivity index (χ4v) is 2.14. The van der Waals surface area contributed by atoms with Gasteiger partial charge in [0.2, 0.25) is 0 Å². The van der Waals surface area contributed by atoms with Gasteiger partial charge in [-0.15, -0.1) is 0 Å². The Hall–Kier alpha value is -2.82. The molecule has 5 heteroatoms. The highest BCUT2D eigenvalue weighted by Gasteiger charge is 2.04. The van der Waals surface area contributed by atoms with Crippen LogP contribution in [0.1, 0.15) is 23.6 Å². The number of hydrogen-bond acceptors (Lipinski definition) is 4. The van der Waals surface area contributed by atoms with Crippen molar-refractivity contribution in [3.8, 4) is 11.5 Å². The smallest absolute Gasteiger partial charge is 0.277 e. The van der Waals surface area contributed by atoms with Crippen molar-refractivity contribution >= 4 is 11.6 Å². The summed E-state index contributed by atoms with van der Waals surface area (Å²) >= 11 is 0. The molecule has 0 bridgehead atoms. The Morgan fingerprint density at radius 3 is 2.52 bits per heavy atom. The average molecular weight is 312 g/mol. The highest BCUT2D eigenvalue weighted by molar-refractivity contribution is 5.99. The van der Waals surface area contributed by atoms with Crippen molar-refractivity contribution in [1.82, 2.24) is 5.43 Å². The Balaban J connectivity index is 1.90. The number of nitrogens with zero attached hydrogens (tertiary/aromatic N) is 1. The molecule has 0 spiro atoms. The lowest BCUT2D eigenvalue weighted by Gasteiger charge is -2.08. The molecule has 0 saturated carbocycles. The van der Waals surface area contributed by atoms with E-state index in [9.17, 15) is 9.90 Å². The highest BCUT2D eigenvalue weighted by atomic mass is 16.5. The first-order valence-corrected chi connectivity index (χ1v) is 7.27. The highest BCUT2D eigenvalue weighted by Crippen LogP contribution is 2.16. The maximum absolute atomic E-state index is 11.8. The monoisotopic (exact) mass is 312 g/mol. The normalized spacial score (nSPS) is 11.2. The molecule has 2 aromatic rings. The van der Waals surface area contributed by atoms with Crippen LogP contribution < -0.4 is 10.2 Å². The lowest BCUT2D eigenvalue weighted by atomic mass is 10.1. The van der Waals surface area contributed by atoms with Crippen molar-refractivity contribution in [2.24, 2.45) is 5.10 Å². The minimum absolute atomic E-state index is 0.111. The van der Waals surface area contributed by atoms with Gasteiger partial charge in [0, 0.05) is 5.56 Å². The number of ether oxygens (including phenoxy) is 1. The van der Waals surface area contributed by atoms with E-state index < -0.39 is 0 Å². The van der Waals surface area contributed by atoms with Crippen LogP contribution in [0.15, 0.2) is 47.6 Å². The van der Waals surface area contributed by atoms with Crippen molar-refractivity contribution in [1.29, 1.82) is 0 Å². The molecule has 0 aromatic heterocycles. The summed E-state index contributed by atoms with van der Waals surface area (Å²) in [6, 6.07) is 12.5. The van der Waals surface area contributed by atoms with E-state index in [0.717, 1.165) is 16.7 Å². The quantitative estimate of drug-likeness (QED) is 0.659. The van der Waals surface area contributed by atoms with Gasteiger partial charge in [0.15, 0.2) is 6.61 Å². The van der Waals surface area contributed by atoms with Gasteiger partial charge in [0.25, 0.3) is 5.91 Å². The molecule has 0 atom stereocenters. The van der Waals surface area contributed by atoms with E-state index in [1.165, 1.54) is 0 Å². The fraction of sp³-hybridized carbons (Fsp3) is 0.222. The van der Waals surface area contributed by atoms with Crippen LogP contribution in [0.3, 0.4) is 0 Å². The molecule has 23 heavy (non-hydrogen) atoms. The molecule has 0 fully saturated rings. The van der Waals surface area contributed by atoms with Crippen LogP contribution in [0.2, 0.25) is 0 Å². The number of carbonyl (C=O) groups excluding carboxylic acids is 1. The van der Waals surface area contributed by atoms with Crippen LogP contribution >= 0.6 is 0 Å². The van der Waals surface area contributed by atoms with Crippen molar-refractivity contribution < 1.29 is 14.6 Å². The number of hydrogen-bond donors (Lipinski definition) is 2. The lowest BCUT2D eigenvalue weighted by Crippen LogP contribution is -2.25. The summed E-state index contributed by atoms with van der Waals surface area (Å²) in [6.45, 7) is 5.59. The zero-order valence-electron chi connectivity index (χ0n) is 13.5. The number of phenolic OH excluding ortho intramolecular Hbond substituents is 1. The third kappa shape index (κ3) is 5.14. The molecular weight excluding hydrogens is 292 g/mol. The number of rotatable bonds is 5. The molecule has 1 amide bonds. The summed E-state index contributed by atoms with van der Waals surface area (Å²) < 4.78 is 5.47. The summed E-state index contributed by atoms with van der Waals surface area (Å²) in [6.07, 6.45) is 0. The van der Waals surface area contributed by atoms with Crippen molar-refractivity contribution in [2.45, 2.75) is 20.8 Å². The van der Waals surface area contributed by atoms with Gasteiger partial charge in [-0.2, -0.15) is 5.10 Å². The van der Waals surface area contributed by atoms with Gasteiger partial charge in [-0.3, -0.25) is 4.79 Å². The SMILES string of the molecule is C/C(=N/NC(=O)COc1cc(C)cc(C)c1)c1cccc(O)c1.